The van der Waals surface area contributed by atoms with Crippen molar-refractivity contribution in [1.82, 2.24) is 24.8 Å². The van der Waals surface area contributed by atoms with Crippen LogP contribution in [-0.4, -0.2) is 63.0 Å². The quantitative estimate of drug-likeness (QED) is 0.638. The molecule has 1 spiro atoms. The molecule has 7 nitrogen and oxygen atoms in total. The van der Waals surface area contributed by atoms with E-state index in [0.717, 1.165) is 83.5 Å². The van der Waals surface area contributed by atoms with Crippen LogP contribution in [0, 0.1) is 0 Å². The number of ether oxygens (including phenoxy) is 1. The van der Waals surface area contributed by atoms with Gasteiger partial charge in [-0.3, -0.25) is 14.4 Å². The first kappa shape index (κ1) is 22.0. The number of rotatable bonds is 7. The number of fused-ring (bicyclic) bond motifs is 2. The van der Waals surface area contributed by atoms with Crippen molar-refractivity contribution in [3.05, 3.63) is 33.3 Å². The molecule has 0 bridgehead atoms. The van der Waals surface area contributed by atoms with Gasteiger partial charge in [-0.1, -0.05) is 12.1 Å². The summed E-state index contributed by atoms with van der Waals surface area (Å²) in [7, 11) is 0. The Morgan fingerprint density at radius 3 is 2.97 bits per heavy atom. The van der Waals surface area contributed by atoms with Gasteiger partial charge in [-0.25, -0.2) is 0 Å². The van der Waals surface area contributed by atoms with Crippen LogP contribution >= 0.6 is 11.3 Å². The van der Waals surface area contributed by atoms with Crippen molar-refractivity contribution in [2.75, 3.05) is 26.2 Å². The third-order valence-corrected chi connectivity index (χ3v) is 8.74. The molecule has 2 aromatic rings. The number of carbonyl (C=O) groups excluding carboxylic acids is 1. The zero-order valence-corrected chi connectivity index (χ0v) is 20.2. The van der Waals surface area contributed by atoms with Crippen molar-refractivity contribution in [2.24, 2.45) is 0 Å². The van der Waals surface area contributed by atoms with Crippen molar-refractivity contribution >= 4 is 17.2 Å². The van der Waals surface area contributed by atoms with Gasteiger partial charge >= 0.3 is 0 Å². The van der Waals surface area contributed by atoms with Gasteiger partial charge in [0.1, 0.15) is 0 Å². The van der Waals surface area contributed by atoms with Crippen LogP contribution in [0.3, 0.4) is 0 Å². The van der Waals surface area contributed by atoms with E-state index in [1.165, 1.54) is 10.4 Å². The molecule has 0 unspecified atom stereocenters. The van der Waals surface area contributed by atoms with Crippen LogP contribution in [0.2, 0.25) is 0 Å². The largest absolute Gasteiger partial charge is 0.370 e. The molecule has 32 heavy (non-hydrogen) atoms. The number of aromatic nitrogens is 3. The lowest BCUT2D eigenvalue weighted by atomic mass is 9.79. The molecule has 0 radical (unpaired) electrons. The summed E-state index contributed by atoms with van der Waals surface area (Å²) >= 11 is 1.99. The SMILES string of the molecule is CCc1cc2c(s1)CCO[C@@]21CCN(Cc2cn(CCCN3CCCC3=O)nn2)[C@@H](C)C1. The van der Waals surface area contributed by atoms with E-state index in [-0.39, 0.29) is 5.60 Å². The van der Waals surface area contributed by atoms with E-state index in [2.05, 4.69) is 41.3 Å². The average molecular weight is 458 g/mol. The molecule has 2 fully saturated rings. The summed E-state index contributed by atoms with van der Waals surface area (Å²) < 4.78 is 8.41. The lowest BCUT2D eigenvalue weighted by Gasteiger charge is -2.47. The lowest BCUT2D eigenvalue weighted by Crippen LogP contribution is -2.50. The van der Waals surface area contributed by atoms with Gasteiger partial charge in [-0.15, -0.1) is 16.4 Å². The maximum Gasteiger partial charge on any atom is 0.222 e. The Kier molecular flexibility index (Phi) is 6.36. The number of hydrogen-bond donors (Lipinski definition) is 0. The molecule has 0 N–H and O–H groups in total. The van der Waals surface area contributed by atoms with Crippen LogP contribution in [0.25, 0.3) is 0 Å². The van der Waals surface area contributed by atoms with Gasteiger partial charge in [0.15, 0.2) is 0 Å². The zero-order valence-electron chi connectivity index (χ0n) is 19.4. The number of piperidine rings is 1. The number of likely N-dealkylation sites (tertiary alicyclic amines) is 2. The summed E-state index contributed by atoms with van der Waals surface area (Å²) in [5.41, 5.74) is 2.40. The number of nitrogens with zero attached hydrogens (tertiary/aromatic N) is 5. The number of thiophene rings is 1. The fourth-order valence-electron chi connectivity index (χ4n) is 5.60. The van der Waals surface area contributed by atoms with E-state index in [1.807, 2.05) is 20.9 Å². The Bertz CT molecular complexity index is 956. The Balaban J connectivity index is 1.16. The van der Waals surface area contributed by atoms with E-state index < -0.39 is 0 Å². The van der Waals surface area contributed by atoms with Gasteiger partial charge in [-0.05, 0) is 50.7 Å². The minimum Gasteiger partial charge on any atom is -0.370 e. The summed E-state index contributed by atoms with van der Waals surface area (Å²) in [6.07, 6.45) is 8.97. The summed E-state index contributed by atoms with van der Waals surface area (Å²) in [4.78, 5) is 19.3. The molecular weight excluding hydrogens is 422 g/mol. The molecular formula is C24H35N5O2S. The monoisotopic (exact) mass is 457 g/mol. The van der Waals surface area contributed by atoms with Crippen molar-refractivity contribution in [3.63, 3.8) is 0 Å². The van der Waals surface area contributed by atoms with Gasteiger partial charge in [-0.2, -0.15) is 0 Å². The van der Waals surface area contributed by atoms with Gasteiger partial charge in [0.2, 0.25) is 5.91 Å². The minimum absolute atomic E-state index is 0.0992. The number of amides is 1. The zero-order chi connectivity index (χ0) is 22.1. The van der Waals surface area contributed by atoms with Gasteiger partial charge in [0.25, 0.3) is 0 Å². The highest BCUT2D eigenvalue weighted by molar-refractivity contribution is 7.12. The first-order valence-electron chi connectivity index (χ1n) is 12.2. The Hall–Kier alpha value is -1.77. The van der Waals surface area contributed by atoms with Crippen LogP contribution in [0.1, 0.15) is 67.0 Å². The van der Waals surface area contributed by atoms with Crippen LogP contribution in [0.5, 0.6) is 0 Å². The molecule has 2 atom stereocenters. The van der Waals surface area contributed by atoms with E-state index in [4.69, 9.17) is 4.74 Å². The Labute approximate surface area is 194 Å². The topological polar surface area (TPSA) is 63.5 Å². The molecule has 0 saturated carbocycles. The third-order valence-electron chi connectivity index (χ3n) is 7.40. The van der Waals surface area contributed by atoms with E-state index in [9.17, 15) is 4.79 Å². The molecule has 2 aromatic heterocycles. The van der Waals surface area contributed by atoms with E-state index >= 15 is 0 Å². The number of carbonyl (C=O) groups is 1. The molecule has 0 aromatic carbocycles. The smallest absolute Gasteiger partial charge is 0.222 e. The van der Waals surface area contributed by atoms with Crippen LogP contribution < -0.4 is 0 Å². The fraction of sp³-hybridized carbons (Fsp3) is 0.708. The normalized spacial score (nSPS) is 26.2. The highest BCUT2D eigenvalue weighted by atomic mass is 32.1. The van der Waals surface area contributed by atoms with Crippen LogP contribution in [0.15, 0.2) is 12.3 Å². The highest BCUT2D eigenvalue weighted by Crippen LogP contribution is 2.46. The first-order chi connectivity index (χ1) is 15.6. The second-order valence-electron chi connectivity index (χ2n) is 9.58. The maximum atomic E-state index is 11.7. The van der Waals surface area contributed by atoms with Crippen molar-refractivity contribution in [2.45, 2.75) is 83.5 Å². The number of hydrogen-bond acceptors (Lipinski definition) is 6. The molecule has 2 saturated heterocycles. The molecule has 1 amide bonds. The number of aryl methyl sites for hydroxylation is 2. The molecule has 3 aliphatic heterocycles. The maximum absolute atomic E-state index is 11.7. The van der Waals surface area contributed by atoms with E-state index in [0.29, 0.717) is 18.4 Å². The summed E-state index contributed by atoms with van der Waals surface area (Å²) in [5, 5.41) is 8.75. The molecule has 0 aliphatic carbocycles. The predicted octanol–water partition coefficient (Wildman–Crippen LogP) is 3.37. The molecule has 5 heterocycles. The highest BCUT2D eigenvalue weighted by Gasteiger charge is 2.44. The van der Waals surface area contributed by atoms with Crippen molar-refractivity contribution in [1.29, 1.82) is 0 Å². The summed E-state index contributed by atoms with van der Waals surface area (Å²) in [6, 6.07) is 2.86. The molecule has 3 aliphatic rings. The van der Waals surface area contributed by atoms with Gasteiger partial charge in [0, 0.05) is 67.6 Å². The Morgan fingerprint density at radius 1 is 1.28 bits per heavy atom. The second-order valence-corrected chi connectivity index (χ2v) is 10.8. The minimum atomic E-state index is -0.0992. The average Bonchev–Trinajstić information content (AvgIpc) is 3.51. The van der Waals surface area contributed by atoms with Crippen LogP contribution in [-0.2, 0) is 41.1 Å². The first-order valence-corrected chi connectivity index (χ1v) is 13.0. The lowest BCUT2D eigenvalue weighted by molar-refractivity contribution is -0.127. The van der Waals surface area contributed by atoms with Crippen LogP contribution in [0.4, 0.5) is 0 Å². The van der Waals surface area contributed by atoms with Gasteiger partial charge in [0.05, 0.1) is 17.9 Å². The second kappa shape index (κ2) is 9.23. The summed E-state index contributed by atoms with van der Waals surface area (Å²) in [5.74, 6) is 0.295. The van der Waals surface area contributed by atoms with E-state index in [1.54, 1.807) is 4.88 Å². The fourth-order valence-corrected chi connectivity index (χ4v) is 6.78. The van der Waals surface area contributed by atoms with Crippen molar-refractivity contribution in [3.8, 4) is 0 Å². The molecule has 174 valence electrons. The third kappa shape index (κ3) is 4.37. The summed E-state index contributed by atoms with van der Waals surface area (Å²) in [6.45, 7) is 9.80. The predicted molar refractivity (Wildman–Crippen MR) is 125 cm³/mol. The standard InChI is InChI=1S/C24H35N5O2S/c1-3-20-14-21-22(32-20)7-13-31-24(21)8-12-28(18(2)15-24)16-19-17-29(26-25-19)11-5-10-27-9-4-6-23(27)30/h14,17-18H,3-13,15-16H2,1-2H3/t18-,24+/m0/s1. The Morgan fingerprint density at radius 2 is 2.19 bits per heavy atom. The molecule has 5 rings (SSSR count). The van der Waals surface area contributed by atoms with Gasteiger partial charge < -0.3 is 9.64 Å². The van der Waals surface area contributed by atoms with Crippen molar-refractivity contribution < 1.29 is 9.53 Å². The molecule has 8 heteroatoms.